The number of carbonyl (C=O) groups is 1. The third-order valence-corrected chi connectivity index (χ3v) is 2.69. The summed E-state index contributed by atoms with van der Waals surface area (Å²) >= 11 is 0. The van der Waals surface area contributed by atoms with Gasteiger partial charge in [-0.2, -0.15) is 0 Å². The first-order valence-electron chi connectivity index (χ1n) is 6.49. The van der Waals surface area contributed by atoms with E-state index in [9.17, 15) is 13.6 Å². The summed E-state index contributed by atoms with van der Waals surface area (Å²) in [6.45, 7) is 3.78. The van der Waals surface area contributed by atoms with E-state index in [2.05, 4.69) is 5.32 Å². The molecule has 2 rings (SSSR count). The van der Waals surface area contributed by atoms with Gasteiger partial charge in [-0.15, -0.1) is 0 Å². The molecule has 0 spiro atoms. The minimum atomic E-state index is -0.817. The summed E-state index contributed by atoms with van der Waals surface area (Å²) in [4.78, 5) is 12.0. The number of para-hydroxylation sites is 1. The Labute approximate surface area is 121 Å². The van der Waals surface area contributed by atoms with Gasteiger partial charge in [0, 0.05) is 5.56 Å². The van der Waals surface area contributed by atoms with Gasteiger partial charge >= 0.3 is 0 Å². The van der Waals surface area contributed by atoms with Crippen LogP contribution in [0.3, 0.4) is 0 Å². The number of ether oxygens (including phenoxy) is 1. The first-order valence-corrected chi connectivity index (χ1v) is 6.49. The summed E-state index contributed by atoms with van der Waals surface area (Å²) in [6.07, 6.45) is 0.0252. The summed E-state index contributed by atoms with van der Waals surface area (Å²) < 4.78 is 32.4. The van der Waals surface area contributed by atoms with Crippen molar-refractivity contribution in [2.24, 2.45) is 0 Å². The predicted molar refractivity (Wildman–Crippen MR) is 76.5 cm³/mol. The van der Waals surface area contributed by atoms with Crippen LogP contribution in [0.1, 0.15) is 24.2 Å². The molecule has 0 aliphatic heterocycles. The lowest BCUT2D eigenvalue weighted by molar-refractivity contribution is 0.102. The molecule has 0 aliphatic carbocycles. The molecular weight excluding hydrogens is 276 g/mol. The van der Waals surface area contributed by atoms with Crippen LogP contribution in [0.15, 0.2) is 42.5 Å². The zero-order chi connectivity index (χ0) is 15.4. The molecule has 0 heterocycles. The van der Waals surface area contributed by atoms with Gasteiger partial charge < -0.3 is 10.1 Å². The lowest BCUT2D eigenvalue weighted by atomic mass is 10.2. The molecule has 2 aromatic rings. The maximum Gasteiger partial charge on any atom is 0.255 e. The minimum Gasteiger partial charge on any atom is -0.491 e. The summed E-state index contributed by atoms with van der Waals surface area (Å²) in [6, 6.07) is 9.73. The second kappa shape index (κ2) is 6.35. The Morgan fingerprint density at radius 3 is 2.14 bits per heavy atom. The Hall–Kier alpha value is -2.43. The Bertz CT molecular complexity index is 619. The molecule has 0 unspecified atom stereocenters. The smallest absolute Gasteiger partial charge is 0.255 e. The number of anilines is 1. The number of benzene rings is 2. The molecule has 2 aromatic carbocycles. The summed E-state index contributed by atoms with van der Waals surface area (Å²) in [7, 11) is 0. The van der Waals surface area contributed by atoms with E-state index in [1.54, 1.807) is 12.1 Å². The van der Waals surface area contributed by atoms with Crippen LogP contribution in [0.4, 0.5) is 14.5 Å². The Morgan fingerprint density at radius 2 is 1.62 bits per heavy atom. The van der Waals surface area contributed by atoms with Crippen molar-refractivity contribution in [3.8, 4) is 5.75 Å². The normalized spacial score (nSPS) is 10.5. The van der Waals surface area contributed by atoms with Gasteiger partial charge in [0.15, 0.2) is 0 Å². The third-order valence-electron chi connectivity index (χ3n) is 2.69. The molecule has 5 heteroatoms. The first kappa shape index (κ1) is 15.0. The van der Waals surface area contributed by atoms with Crippen LogP contribution >= 0.6 is 0 Å². The molecule has 3 nitrogen and oxygen atoms in total. The molecule has 0 bridgehead atoms. The van der Waals surface area contributed by atoms with E-state index in [1.807, 2.05) is 13.8 Å². The van der Waals surface area contributed by atoms with Crippen LogP contribution in [0.2, 0.25) is 0 Å². The van der Waals surface area contributed by atoms with Crippen molar-refractivity contribution in [2.45, 2.75) is 20.0 Å². The van der Waals surface area contributed by atoms with Gasteiger partial charge in [0.1, 0.15) is 23.1 Å². The summed E-state index contributed by atoms with van der Waals surface area (Å²) in [5.74, 6) is -1.60. The molecule has 0 aromatic heterocycles. The average Bonchev–Trinajstić information content (AvgIpc) is 2.43. The molecule has 0 fully saturated rings. The van der Waals surface area contributed by atoms with Gasteiger partial charge in [-0.25, -0.2) is 8.78 Å². The van der Waals surface area contributed by atoms with Gasteiger partial charge in [0.2, 0.25) is 0 Å². The number of hydrogen-bond acceptors (Lipinski definition) is 2. The lowest BCUT2D eigenvalue weighted by Crippen LogP contribution is -2.14. The second-order valence-corrected chi connectivity index (χ2v) is 4.74. The Kier molecular flexibility index (Phi) is 4.52. The minimum absolute atomic E-state index is 0.0252. The number of rotatable bonds is 4. The molecule has 0 radical (unpaired) electrons. The van der Waals surface area contributed by atoms with E-state index >= 15 is 0 Å². The molecule has 110 valence electrons. The summed E-state index contributed by atoms with van der Waals surface area (Å²) in [5, 5.41) is 2.23. The SMILES string of the molecule is CC(C)Oc1ccc(C(=O)Nc2c(F)cccc2F)cc1. The molecule has 1 amide bonds. The molecule has 0 saturated carbocycles. The van der Waals surface area contributed by atoms with E-state index in [0.29, 0.717) is 5.75 Å². The van der Waals surface area contributed by atoms with Crippen LogP contribution in [-0.2, 0) is 0 Å². The second-order valence-electron chi connectivity index (χ2n) is 4.74. The average molecular weight is 291 g/mol. The van der Waals surface area contributed by atoms with Gasteiger partial charge in [0.05, 0.1) is 6.10 Å². The fourth-order valence-corrected chi connectivity index (χ4v) is 1.76. The van der Waals surface area contributed by atoms with E-state index < -0.39 is 23.2 Å². The van der Waals surface area contributed by atoms with Gasteiger partial charge in [-0.05, 0) is 50.2 Å². The van der Waals surface area contributed by atoms with Crippen LogP contribution in [0.25, 0.3) is 0 Å². The van der Waals surface area contributed by atoms with Crippen molar-refractivity contribution in [1.29, 1.82) is 0 Å². The molecule has 1 N–H and O–H groups in total. The largest absolute Gasteiger partial charge is 0.491 e. The zero-order valence-electron chi connectivity index (χ0n) is 11.7. The molecular formula is C16H15F2NO2. The van der Waals surface area contributed by atoms with Crippen LogP contribution in [-0.4, -0.2) is 12.0 Å². The number of amides is 1. The quantitative estimate of drug-likeness (QED) is 0.924. The van der Waals surface area contributed by atoms with Gasteiger partial charge in [-0.1, -0.05) is 6.07 Å². The monoisotopic (exact) mass is 291 g/mol. The highest BCUT2D eigenvalue weighted by atomic mass is 19.1. The highest BCUT2D eigenvalue weighted by Crippen LogP contribution is 2.20. The number of carbonyl (C=O) groups excluding carboxylic acids is 1. The van der Waals surface area contributed by atoms with Crippen molar-refractivity contribution in [3.63, 3.8) is 0 Å². The van der Waals surface area contributed by atoms with Crippen molar-refractivity contribution in [2.75, 3.05) is 5.32 Å². The van der Waals surface area contributed by atoms with Crippen molar-refractivity contribution < 1.29 is 18.3 Å². The topological polar surface area (TPSA) is 38.3 Å². The van der Waals surface area contributed by atoms with Crippen LogP contribution in [0.5, 0.6) is 5.75 Å². The predicted octanol–water partition coefficient (Wildman–Crippen LogP) is 4.00. The lowest BCUT2D eigenvalue weighted by Gasteiger charge is -2.10. The highest BCUT2D eigenvalue weighted by molar-refractivity contribution is 6.04. The Morgan fingerprint density at radius 1 is 1.05 bits per heavy atom. The fourth-order valence-electron chi connectivity index (χ4n) is 1.76. The molecule has 0 saturated heterocycles. The van der Waals surface area contributed by atoms with Crippen molar-refractivity contribution in [3.05, 3.63) is 59.7 Å². The number of hydrogen-bond donors (Lipinski definition) is 1. The third kappa shape index (κ3) is 3.78. The fraction of sp³-hybridized carbons (Fsp3) is 0.188. The molecule has 21 heavy (non-hydrogen) atoms. The number of nitrogens with one attached hydrogen (secondary N) is 1. The van der Waals surface area contributed by atoms with Crippen molar-refractivity contribution in [1.82, 2.24) is 0 Å². The van der Waals surface area contributed by atoms with E-state index in [4.69, 9.17) is 4.74 Å². The van der Waals surface area contributed by atoms with Crippen LogP contribution in [0, 0.1) is 11.6 Å². The van der Waals surface area contributed by atoms with E-state index in [-0.39, 0.29) is 11.7 Å². The van der Waals surface area contributed by atoms with Gasteiger partial charge in [-0.3, -0.25) is 4.79 Å². The van der Waals surface area contributed by atoms with Crippen LogP contribution < -0.4 is 10.1 Å². The summed E-state index contributed by atoms with van der Waals surface area (Å²) in [5.41, 5.74) is -0.168. The molecule has 0 aliphatic rings. The van der Waals surface area contributed by atoms with Gasteiger partial charge in [0.25, 0.3) is 5.91 Å². The van der Waals surface area contributed by atoms with E-state index in [1.165, 1.54) is 18.2 Å². The maximum atomic E-state index is 13.5. The standard InChI is InChI=1S/C16H15F2NO2/c1-10(2)21-12-8-6-11(7-9-12)16(20)19-15-13(17)4-3-5-14(15)18/h3-10H,1-2H3,(H,19,20). The Balaban J connectivity index is 2.13. The number of halogens is 2. The molecule has 0 atom stereocenters. The highest BCUT2D eigenvalue weighted by Gasteiger charge is 2.13. The maximum absolute atomic E-state index is 13.5. The zero-order valence-corrected chi connectivity index (χ0v) is 11.7. The van der Waals surface area contributed by atoms with Crippen molar-refractivity contribution >= 4 is 11.6 Å². The van der Waals surface area contributed by atoms with E-state index in [0.717, 1.165) is 12.1 Å². The first-order chi connectivity index (χ1) is 9.97.